The first-order valence-electron chi connectivity index (χ1n) is 9.03. The molecule has 2 N–H and O–H groups in total. The van der Waals surface area contributed by atoms with Gasteiger partial charge in [0.25, 0.3) is 0 Å². The summed E-state index contributed by atoms with van der Waals surface area (Å²) in [4.78, 5) is 23.1. The highest BCUT2D eigenvalue weighted by Gasteiger charge is 2.28. The molecule has 0 spiro atoms. The second kappa shape index (κ2) is 8.21. The van der Waals surface area contributed by atoms with Gasteiger partial charge in [-0.1, -0.05) is 60.4 Å². The Labute approximate surface area is 172 Å². The number of rotatable bonds is 4. The molecule has 1 aliphatic rings. The van der Waals surface area contributed by atoms with Crippen LogP contribution >= 0.6 is 11.3 Å². The van der Waals surface area contributed by atoms with Crippen molar-refractivity contribution in [1.82, 2.24) is 5.32 Å². The topological polar surface area (TPSA) is 75.6 Å². The van der Waals surface area contributed by atoms with Crippen LogP contribution in [0.5, 0.6) is 0 Å². The summed E-state index contributed by atoms with van der Waals surface area (Å²) in [5, 5.41) is 13.2. The van der Waals surface area contributed by atoms with Crippen molar-refractivity contribution in [1.29, 1.82) is 0 Å². The normalized spacial score (nSPS) is 11.7. The van der Waals surface area contributed by atoms with Crippen LogP contribution in [0.1, 0.15) is 32.3 Å². The number of carboxylic acid groups (broad SMARTS) is 1. The molecular weight excluding hydrogens is 386 g/mol. The van der Waals surface area contributed by atoms with Crippen molar-refractivity contribution in [2.75, 3.05) is 13.2 Å². The predicted octanol–water partition coefficient (Wildman–Crippen LogP) is 4.34. The van der Waals surface area contributed by atoms with Gasteiger partial charge in [-0.2, -0.15) is 0 Å². The van der Waals surface area contributed by atoms with Crippen LogP contribution in [0.2, 0.25) is 0 Å². The summed E-state index contributed by atoms with van der Waals surface area (Å²) in [5.41, 5.74) is 5.29. The summed E-state index contributed by atoms with van der Waals surface area (Å²) in [5.74, 6) is 4.66. The molecule has 144 valence electrons. The average molecular weight is 403 g/mol. The van der Waals surface area contributed by atoms with Crippen LogP contribution in [0.15, 0.2) is 60.0 Å². The Morgan fingerprint density at radius 1 is 1.07 bits per heavy atom. The Hall–Kier alpha value is -3.56. The average Bonchev–Trinajstić information content (AvgIpc) is 3.33. The minimum absolute atomic E-state index is 0.0134. The van der Waals surface area contributed by atoms with E-state index in [1.807, 2.05) is 24.3 Å². The van der Waals surface area contributed by atoms with Gasteiger partial charge in [-0.15, -0.1) is 11.3 Å². The van der Waals surface area contributed by atoms with Crippen LogP contribution in [0.25, 0.3) is 11.1 Å². The molecule has 29 heavy (non-hydrogen) atoms. The van der Waals surface area contributed by atoms with E-state index in [0.29, 0.717) is 5.56 Å². The number of hydrogen-bond donors (Lipinski definition) is 2. The molecule has 1 heterocycles. The highest BCUT2D eigenvalue weighted by atomic mass is 32.1. The van der Waals surface area contributed by atoms with E-state index in [1.54, 1.807) is 5.38 Å². The van der Waals surface area contributed by atoms with Crippen LogP contribution in [0, 0.1) is 11.8 Å². The highest BCUT2D eigenvalue weighted by Crippen LogP contribution is 2.44. The molecule has 0 unspecified atom stereocenters. The zero-order valence-corrected chi connectivity index (χ0v) is 16.2. The molecule has 0 saturated heterocycles. The number of nitrogens with one attached hydrogen (secondary N) is 1. The number of aromatic carboxylic acids is 1. The molecular formula is C23H17NO4S. The number of hydrogen-bond acceptors (Lipinski definition) is 4. The van der Waals surface area contributed by atoms with Crippen LogP contribution in [0.3, 0.4) is 0 Å². The van der Waals surface area contributed by atoms with E-state index in [0.717, 1.165) is 22.5 Å². The molecule has 0 aliphatic heterocycles. The van der Waals surface area contributed by atoms with Gasteiger partial charge in [0, 0.05) is 16.9 Å². The quantitative estimate of drug-likeness (QED) is 0.636. The first kappa shape index (κ1) is 18.8. The third-order valence-electron chi connectivity index (χ3n) is 4.71. The number of fused-ring (bicyclic) bond motifs is 3. The Morgan fingerprint density at radius 3 is 2.34 bits per heavy atom. The molecule has 1 aromatic heterocycles. The summed E-state index contributed by atoms with van der Waals surface area (Å²) >= 11 is 1.12. The maximum Gasteiger partial charge on any atom is 0.407 e. The molecule has 5 nitrogen and oxygen atoms in total. The summed E-state index contributed by atoms with van der Waals surface area (Å²) in [6.45, 7) is 0.370. The second-order valence-corrected chi connectivity index (χ2v) is 7.40. The molecule has 0 bridgehead atoms. The van der Waals surface area contributed by atoms with Crippen molar-refractivity contribution in [3.8, 4) is 23.0 Å². The first-order valence-corrected chi connectivity index (χ1v) is 9.91. The zero-order valence-electron chi connectivity index (χ0n) is 15.3. The minimum Gasteiger partial charge on any atom is -0.477 e. The molecule has 0 fully saturated rings. The fourth-order valence-electron chi connectivity index (χ4n) is 3.43. The summed E-state index contributed by atoms with van der Waals surface area (Å²) in [6.07, 6.45) is -0.530. The van der Waals surface area contributed by atoms with Gasteiger partial charge in [-0.3, -0.25) is 0 Å². The molecule has 1 amide bonds. The van der Waals surface area contributed by atoms with Gasteiger partial charge in [0.15, 0.2) is 0 Å². The van der Waals surface area contributed by atoms with E-state index in [4.69, 9.17) is 9.84 Å². The van der Waals surface area contributed by atoms with Gasteiger partial charge < -0.3 is 15.2 Å². The van der Waals surface area contributed by atoms with Crippen molar-refractivity contribution >= 4 is 23.4 Å². The third-order valence-corrected chi connectivity index (χ3v) is 5.63. The van der Waals surface area contributed by atoms with Crippen LogP contribution in [-0.2, 0) is 4.74 Å². The van der Waals surface area contributed by atoms with E-state index >= 15 is 0 Å². The summed E-state index contributed by atoms with van der Waals surface area (Å²) < 4.78 is 5.43. The van der Waals surface area contributed by atoms with Gasteiger partial charge in [-0.05, 0) is 28.3 Å². The fourth-order valence-corrected chi connectivity index (χ4v) is 4.10. The number of carboxylic acids is 1. The van der Waals surface area contributed by atoms with Crippen molar-refractivity contribution in [3.05, 3.63) is 81.5 Å². The fraction of sp³-hybridized carbons (Fsp3) is 0.130. The number of carbonyl (C=O) groups excluding carboxylic acids is 1. The molecule has 4 rings (SSSR count). The van der Waals surface area contributed by atoms with E-state index in [9.17, 15) is 9.59 Å². The lowest BCUT2D eigenvalue weighted by molar-refractivity contribution is 0.0702. The van der Waals surface area contributed by atoms with Gasteiger partial charge in [0.1, 0.15) is 11.5 Å². The molecule has 2 aromatic carbocycles. The van der Waals surface area contributed by atoms with Crippen LogP contribution < -0.4 is 5.32 Å². The third kappa shape index (κ3) is 4.00. The molecule has 0 atom stereocenters. The largest absolute Gasteiger partial charge is 0.477 e. The highest BCUT2D eigenvalue weighted by molar-refractivity contribution is 7.12. The van der Waals surface area contributed by atoms with Crippen molar-refractivity contribution in [3.63, 3.8) is 0 Å². The Balaban J connectivity index is 1.33. The van der Waals surface area contributed by atoms with E-state index in [1.165, 1.54) is 17.2 Å². The smallest absolute Gasteiger partial charge is 0.407 e. The molecule has 6 heteroatoms. The number of ether oxygens (including phenoxy) is 1. The monoisotopic (exact) mass is 403 g/mol. The number of benzene rings is 2. The Bertz CT molecular complexity index is 1090. The molecule has 1 aliphatic carbocycles. The standard InChI is InChI=1S/C23H17NO4S/c25-22(26)21-12-15(14-29-21)6-5-11-24-23(27)28-13-20-18-9-3-1-7-16(18)17-8-2-4-10-19(17)20/h1-4,7-10,12,14,20H,11,13H2,(H,24,27)(H,25,26). The van der Waals surface area contributed by atoms with E-state index in [-0.39, 0.29) is 23.9 Å². The summed E-state index contributed by atoms with van der Waals surface area (Å²) in [6, 6.07) is 17.8. The van der Waals surface area contributed by atoms with Crippen LogP contribution in [0.4, 0.5) is 4.79 Å². The molecule has 3 aromatic rings. The number of carbonyl (C=O) groups is 2. The van der Waals surface area contributed by atoms with E-state index < -0.39 is 12.1 Å². The van der Waals surface area contributed by atoms with E-state index in [2.05, 4.69) is 41.4 Å². The molecule has 0 radical (unpaired) electrons. The Morgan fingerprint density at radius 2 is 1.72 bits per heavy atom. The van der Waals surface area contributed by atoms with Gasteiger partial charge in [-0.25, -0.2) is 9.59 Å². The predicted molar refractivity (Wildman–Crippen MR) is 111 cm³/mol. The molecule has 0 saturated carbocycles. The van der Waals surface area contributed by atoms with Gasteiger partial charge >= 0.3 is 12.1 Å². The Kier molecular flexibility index (Phi) is 5.32. The zero-order chi connectivity index (χ0) is 20.2. The second-order valence-electron chi connectivity index (χ2n) is 6.49. The summed E-state index contributed by atoms with van der Waals surface area (Å²) in [7, 11) is 0. The van der Waals surface area contributed by atoms with Crippen LogP contribution in [-0.4, -0.2) is 30.3 Å². The lowest BCUT2D eigenvalue weighted by Gasteiger charge is -2.14. The van der Waals surface area contributed by atoms with Crippen molar-refractivity contribution < 1.29 is 19.4 Å². The number of amides is 1. The first-order chi connectivity index (χ1) is 14.1. The van der Waals surface area contributed by atoms with Gasteiger partial charge in [0.05, 0.1) is 6.54 Å². The van der Waals surface area contributed by atoms with Crippen molar-refractivity contribution in [2.24, 2.45) is 0 Å². The van der Waals surface area contributed by atoms with Gasteiger partial charge in [0.2, 0.25) is 0 Å². The number of alkyl carbamates (subject to hydrolysis) is 1. The SMILES string of the molecule is O=C(NCC#Cc1csc(C(=O)O)c1)OCC1c2ccccc2-c2ccccc21. The lowest BCUT2D eigenvalue weighted by Crippen LogP contribution is -2.26. The minimum atomic E-state index is -0.972. The van der Waals surface area contributed by atoms with Crippen molar-refractivity contribution in [2.45, 2.75) is 5.92 Å². The maximum atomic E-state index is 12.1. The maximum absolute atomic E-state index is 12.1. The number of thiophene rings is 1. The lowest BCUT2D eigenvalue weighted by atomic mass is 9.98.